The standard InChI is InChI=1S/C9H5ClF3NO2/c10-6-3-4(9(11,12)13)1-2-5(6)7(15)8(14)16/h1-3H,(H2,14,16). The van der Waals surface area contributed by atoms with Gasteiger partial charge in [0, 0.05) is 5.56 Å². The van der Waals surface area contributed by atoms with Crippen molar-refractivity contribution in [1.82, 2.24) is 0 Å². The van der Waals surface area contributed by atoms with E-state index in [-0.39, 0.29) is 5.56 Å². The van der Waals surface area contributed by atoms with Crippen molar-refractivity contribution in [1.29, 1.82) is 0 Å². The molecule has 16 heavy (non-hydrogen) atoms. The van der Waals surface area contributed by atoms with Crippen LogP contribution in [0.15, 0.2) is 18.2 Å². The van der Waals surface area contributed by atoms with Gasteiger partial charge in [-0.1, -0.05) is 11.6 Å². The van der Waals surface area contributed by atoms with E-state index in [1.165, 1.54) is 0 Å². The van der Waals surface area contributed by atoms with Crippen LogP contribution in [-0.4, -0.2) is 11.7 Å². The molecule has 1 rings (SSSR count). The minimum Gasteiger partial charge on any atom is -0.363 e. The first kappa shape index (κ1) is 12.5. The number of amides is 1. The third-order valence-electron chi connectivity index (χ3n) is 1.76. The van der Waals surface area contributed by atoms with Crippen molar-refractivity contribution in [3.8, 4) is 0 Å². The van der Waals surface area contributed by atoms with Gasteiger partial charge in [-0.25, -0.2) is 0 Å². The number of hydrogen-bond donors (Lipinski definition) is 1. The van der Waals surface area contributed by atoms with E-state index in [2.05, 4.69) is 0 Å². The van der Waals surface area contributed by atoms with Gasteiger partial charge in [0.1, 0.15) is 0 Å². The van der Waals surface area contributed by atoms with Crippen LogP contribution in [0.3, 0.4) is 0 Å². The lowest BCUT2D eigenvalue weighted by atomic mass is 10.1. The van der Waals surface area contributed by atoms with Crippen LogP contribution < -0.4 is 5.73 Å². The summed E-state index contributed by atoms with van der Waals surface area (Å²) in [5.41, 5.74) is 3.34. The Balaban J connectivity index is 3.20. The monoisotopic (exact) mass is 251 g/mol. The zero-order valence-electron chi connectivity index (χ0n) is 7.64. The normalized spacial score (nSPS) is 11.2. The van der Waals surface area contributed by atoms with Gasteiger partial charge >= 0.3 is 6.18 Å². The molecule has 0 atom stereocenters. The van der Waals surface area contributed by atoms with Gasteiger partial charge in [0.25, 0.3) is 11.7 Å². The third-order valence-corrected chi connectivity index (χ3v) is 2.08. The molecule has 0 aliphatic carbocycles. The van der Waals surface area contributed by atoms with Gasteiger partial charge in [0.05, 0.1) is 10.6 Å². The summed E-state index contributed by atoms with van der Waals surface area (Å²) in [5.74, 6) is -2.40. The van der Waals surface area contributed by atoms with E-state index in [4.69, 9.17) is 17.3 Å². The van der Waals surface area contributed by atoms with Crippen LogP contribution in [0.2, 0.25) is 5.02 Å². The predicted octanol–water partition coefficient (Wildman–Crippen LogP) is 2.03. The zero-order valence-corrected chi connectivity index (χ0v) is 8.39. The maximum Gasteiger partial charge on any atom is 0.416 e. The summed E-state index contributed by atoms with van der Waals surface area (Å²) in [5, 5.41) is -0.460. The minimum absolute atomic E-state index is 0.345. The Kier molecular flexibility index (Phi) is 3.23. The Bertz CT molecular complexity index is 457. The lowest BCUT2D eigenvalue weighted by Crippen LogP contribution is -2.23. The molecule has 2 N–H and O–H groups in total. The highest BCUT2D eigenvalue weighted by atomic mass is 35.5. The molecule has 0 spiro atoms. The molecule has 86 valence electrons. The molecular formula is C9H5ClF3NO2. The molecule has 1 amide bonds. The maximum absolute atomic E-state index is 12.2. The van der Waals surface area contributed by atoms with Crippen LogP contribution in [-0.2, 0) is 11.0 Å². The van der Waals surface area contributed by atoms with Crippen LogP contribution in [0.5, 0.6) is 0 Å². The van der Waals surface area contributed by atoms with Gasteiger partial charge in [-0.3, -0.25) is 9.59 Å². The Morgan fingerprint density at radius 3 is 2.19 bits per heavy atom. The quantitative estimate of drug-likeness (QED) is 0.646. The van der Waals surface area contributed by atoms with Gasteiger partial charge in [0.2, 0.25) is 0 Å². The Morgan fingerprint density at radius 2 is 1.81 bits per heavy atom. The fraction of sp³-hybridized carbons (Fsp3) is 0.111. The lowest BCUT2D eigenvalue weighted by molar-refractivity contribution is -0.137. The first-order valence-electron chi connectivity index (χ1n) is 3.94. The second-order valence-electron chi connectivity index (χ2n) is 2.89. The number of carbonyl (C=O) groups is 2. The highest BCUT2D eigenvalue weighted by molar-refractivity contribution is 6.46. The fourth-order valence-corrected chi connectivity index (χ4v) is 1.27. The molecule has 0 bridgehead atoms. The number of hydrogen-bond acceptors (Lipinski definition) is 2. The lowest BCUT2D eigenvalue weighted by Gasteiger charge is -2.08. The SMILES string of the molecule is NC(=O)C(=O)c1ccc(C(F)(F)F)cc1Cl. The number of carbonyl (C=O) groups excluding carboxylic acids is 2. The number of benzene rings is 1. The first-order valence-corrected chi connectivity index (χ1v) is 4.32. The fourth-order valence-electron chi connectivity index (χ4n) is 1.01. The average molecular weight is 252 g/mol. The highest BCUT2D eigenvalue weighted by Gasteiger charge is 2.31. The molecule has 7 heteroatoms. The van der Waals surface area contributed by atoms with Crippen LogP contribution in [0.4, 0.5) is 13.2 Å². The van der Waals surface area contributed by atoms with Crippen molar-refractivity contribution in [2.75, 3.05) is 0 Å². The number of nitrogens with two attached hydrogens (primary N) is 1. The molecule has 0 saturated heterocycles. The van der Waals surface area contributed by atoms with Crippen molar-refractivity contribution in [3.63, 3.8) is 0 Å². The van der Waals surface area contributed by atoms with Gasteiger partial charge in [-0.15, -0.1) is 0 Å². The summed E-state index contributed by atoms with van der Waals surface area (Å²) in [6, 6.07) is 2.04. The van der Waals surface area contributed by atoms with Gasteiger partial charge < -0.3 is 5.73 Å². The third kappa shape index (κ3) is 2.52. The molecular weight excluding hydrogens is 247 g/mol. The number of ketones is 1. The summed E-state index contributed by atoms with van der Waals surface area (Å²) in [6.45, 7) is 0. The first-order chi connectivity index (χ1) is 7.23. The number of Topliss-reactive ketones (excluding diaryl/α,β-unsaturated/α-hetero) is 1. The van der Waals surface area contributed by atoms with Gasteiger partial charge in [-0.2, -0.15) is 13.2 Å². The molecule has 0 aliphatic heterocycles. The second-order valence-corrected chi connectivity index (χ2v) is 3.29. The van der Waals surface area contributed by atoms with Crippen LogP contribution >= 0.6 is 11.6 Å². The molecule has 0 unspecified atom stereocenters. The largest absolute Gasteiger partial charge is 0.416 e. The van der Waals surface area contributed by atoms with E-state index in [0.717, 1.165) is 6.07 Å². The maximum atomic E-state index is 12.2. The second kappa shape index (κ2) is 4.13. The number of primary amides is 1. The van der Waals surface area contributed by atoms with Crippen LogP contribution in [0, 0.1) is 0 Å². The van der Waals surface area contributed by atoms with E-state index in [1.54, 1.807) is 0 Å². The molecule has 1 aromatic carbocycles. The number of halogens is 4. The number of alkyl halides is 3. The molecule has 0 aliphatic rings. The zero-order chi connectivity index (χ0) is 12.5. The molecule has 0 aromatic heterocycles. The molecule has 0 fully saturated rings. The highest BCUT2D eigenvalue weighted by Crippen LogP contribution is 2.32. The molecule has 0 saturated carbocycles. The van der Waals surface area contributed by atoms with E-state index in [1.807, 2.05) is 0 Å². The topological polar surface area (TPSA) is 60.2 Å². The summed E-state index contributed by atoms with van der Waals surface area (Å²) < 4.78 is 36.7. The average Bonchev–Trinajstić information content (AvgIpc) is 2.15. The van der Waals surface area contributed by atoms with Gasteiger partial charge in [0.15, 0.2) is 0 Å². The summed E-state index contributed by atoms with van der Waals surface area (Å²) in [4.78, 5) is 21.6. The van der Waals surface area contributed by atoms with Crippen LogP contribution in [0.25, 0.3) is 0 Å². The van der Waals surface area contributed by atoms with Gasteiger partial charge in [-0.05, 0) is 18.2 Å². The smallest absolute Gasteiger partial charge is 0.363 e. The molecule has 1 aromatic rings. The Morgan fingerprint density at radius 1 is 1.25 bits per heavy atom. The van der Waals surface area contributed by atoms with E-state index in [0.29, 0.717) is 12.1 Å². The molecule has 3 nitrogen and oxygen atoms in total. The predicted molar refractivity (Wildman–Crippen MR) is 50.0 cm³/mol. The van der Waals surface area contributed by atoms with Crippen molar-refractivity contribution in [2.24, 2.45) is 5.73 Å². The summed E-state index contributed by atoms with van der Waals surface area (Å²) >= 11 is 5.45. The summed E-state index contributed by atoms with van der Waals surface area (Å²) in [7, 11) is 0. The Labute approximate surface area is 93.0 Å². The summed E-state index contributed by atoms with van der Waals surface area (Å²) in [6.07, 6.45) is -4.56. The van der Waals surface area contributed by atoms with Crippen molar-refractivity contribution < 1.29 is 22.8 Å². The van der Waals surface area contributed by atoms with E-state index in [9.17, 15) is 22.8 Å². The van der Waals surface area contributed by atoms with Crippen molar-refractivity contribution in [2.45, 2.75) is 6.18 Å². The van der Waals surface area contributed by atoms with Crippen molar-refractivity contribution in [3.05, 3.63) is 34.3 Å². The van der Waals surface area contributed by atoms with E-state index >= 15 is 0 Å². The van der Waals surface area contributed by atoms with Crippen LogP contribution in [0.1, 0.15) is 15.9 Å². The van der Waals surface area contributed by atoms with E-state index < -0.39 is 28.5 Å². The number of rotatable bonds is 2. The Hall–Kier alpha value is -1.56. The minimum atomic E-state index is -4.56. The molecule has 0 heterocycles. The van der Waals surface area contributed by atoms with Crippen molar-refractivity contribution >= 4 is 23.3 Å². The molecule has 0 radical (unpaired) electrons.